The van der Waals surface area contributed by atoms with Crippen LogP contribution in [0.4, 0.5) is 0 Å². The van der Waals surface area contributed by atoms with Gasteiger partial charge in [-0.1, -0.05) is 34.1 Å². The molecule has 0 aromatic carbocycles. The summed E-state index contributed by atoms with van der Waals surface area (Å²) in [5.41, 5.74) is 1.19. The summed E-state index contributed by atoms with van der Waals surface area (Å²) in [5.74, 6) is 0. The van der Waals surface area contributed by atoms with Crippen LogP contribution in [-0.4, -0.2) is 12.6 Å². The minimum atomic E-state index is 0.135. The number of fused-ring (bicyclic) bond motifs is 1. The maximum absolute atomic E-state index is 10.9. The largest absolute Gasteiger partial charge is 0.463 e. The summed E-state index contributed by atoms with van der Waals surface area (Å²) in [4.78, 5) is 10.9. The predicted octanol–water partition coefficient (Wildman–Crippen LogP) is 3.93. The van der Waals surface area contributed by atoms with Crippen LogP contribution < -0.4 is 0 Å². The molecule has 3 saturated carbocycles. The SMILES string of the molecule is CC1(C)CCC[C@@]2(C)C(OC=O)[C@]3(C)CC[C@]12C3. The second kappa shape index (κ2) is 3.32. The molecule has 0 heterocycles. The number of rotatable bonds is 2. The average Bonchev–Trinajstić information content (AvgIpc) is 2.72. The fourth-order valence-corrected chi connectivity index (χ4v) is 6.32. The van der Waals surface area contributed by atoms with Crippen LogP contribution in [0.25, 0.3) is 0 Å². The Morgan fingerprint density at radius 2 is 1.78 bits per heavy atom. The zero-order valence-corrected chi connectivity index (χ0v) is 12.2. The smallest absolute Gasteiger partial charge is 0.293 e. The minimum absolute atomic E-state index is 0.135. The normalized spacial score (nSPS) is 53.0. The molecule has 1 spiro atoms. The van der Waals surface area contributed by atoms with Crippen molar-refractivity contribution in [3.63, 3.8) is 0 Å². The molecule has 3 aliphatic carbocycles. The Kier molecular flexibility index (Phi) is 2.30. The molecule has 2 nitrogen and oxygen atoms in total. The van der Waals surface area contributed by atoms with Crippen molar-refractivity contribution in [2.75, 3.05) is 0 Å². The van der Waals surface area contributed by atoms with Crippen LogP contribution in [0.15, 0.2) is 0 Å². The summed E-state index contributed by atoms with van der Waals surface area (Å²) in [7, 11) is 0. The molecule has 2 bridgehead atoms. The van der Waals surface area contributed by atoms with E-state index in [0.29, 0.717) is 17.3 Å². The first-order valence-corrected chi connectivity index (χ1v) is 7.41. The van der Waals surface area contributed by atoms with Gasteiger partial charge in [-0.3, -0.25) is 4.79 Å². The van der Waals surface area contributed by atoms with Crippen molar-refractivity contribution in [1.82, 2.24) is 0 Å². The molecule has 0 aliphatic heterocycles. The van der Waals surface area contributed by atoms with Gasteiger partial charge < -0.3 is 4.74 Å². The van der Waals surface area contributed by atoms with Gasteiger partial charge in [0.1, 0.15) is 6.10 Å². The third kappa shape index (κ3) is 1.13. The molecular weight excluding hydrogens is 224 g/mol. The lowest BCUT2D eigenvalue weighted by Crippen LogP contribution is -2.55. The van der Waals surface area contributed by atoms with Crippen LogP contribution in [0.3, 0.4) is 0 Å². The average molecular weight is 250 g/mol. The van der Waals surface area contributed by atoms with E-state index in [9.17, 15) is 4.79 Å². The van der Waals surface area contributed by atoms with Gasteiger partial charge in [0.25, 0.3) is 6.47 Å². The first-order chi connectivity index (χ1) is 8.31. The maximum Gasteiger partial charge on any atom is 0.293 e. The van der Waals surface area contributed by atoms with E-state index in [1.807, 2.05) is 0 Å². The van der Waals surface area contributed by atoms with Crippen molar-refractivity contribution in [3.05, 3.63) is 0 Å². The van der Waals surface area contributed by atoms with Gasteiger partial charge in [0.15, 0.2) is 0 Å². The minimum Gasteiger partial charge on any atom is -0.463 e. The Morgan fingerprint density at radius 3 is 2.44 bits per heavy atom. The highest BCUT2D eigenvalue weighted by Crippen LogP contribution is 2.79. The Hall–Kier alpha value is -0.530. The summed E-state index contributed by atoms with van der Waals surface area (Å²) < 4.78 is 5.62. The number of carbonyl (C=O) groups excluding carboxylic acids is 1. The van der Waals surface area contributed by atoms with Crippen LogP contribution in [0, 0.1) is 21.7 Å². The molecular formula is C16H26O2. The van der Waals surface area contributed by atoms with Crippen LogP contribution in [0.2, 0.25) is 0 Å². The van der Waals surface area contributed by atoms with E-state index in [4.69, 9.17) is 4.74 Å². The molecule has 0 amide bonds. The van der Waals surface area contributed by atoms with Crippen LogP contribution in [0.1, 0.15) is 66.2 Å². The van der Waals surface area contributed by atoms with Gasteiger partial charge in [0, 0.05) is 10.8 Å². The summed E-state index contributed by atoms with van der Waals surface area (Å²) in [6.45, 7) is 10.3. The van der Waals surface area contributed by atoms with E-state index < -0.39 is 0 Å². The molecule has 3 rings (SSSR count). The van der Waals surface area contributed by atoms with E-state index in [0.717, 1.165) is 0 Å². The third-order valence-corrected chi connectivity index (χ3v) is 7.12. The lowest BCUT2D eigenvalue weighted by atomic mass is 9.46. The molecule has 0 radical (unpaired) electrons. The molecule has 2 heteroatoms. The molecule has 0 aromatic heterocycles. The fourth-order valence-electron chi connectivity index (χ4n) is 6.32. The van der Waals surface area contributed by atoms with Crippen molar-refractivity contribution < 1.29 is 9.53 Å². The Morgan fingerprint density at radius 1 is 1.06 bits per heavy atom. The van der Waals surface area contributed by atoms with Crippen LogP contribution in [-0.2, 0) is 9.53 Å². The van der Waals surface area contributed by atoms with Crippen molar-refractivity contribution in [2.24, 2.45) is 21.7 Å². The van der Waals surface area contributed by atoms with Gasteiger partial charge in [0.05, 0.1) is 0 Å². The molecule has 3 aliphatic rings. The standard InChI is InChI=1S/C16H26O2/c1-13(2)6-5-7-15(4)12(18-11-17)14(3)8-9-16(13,15)10-14/h11-12H,5-10H2,1-4H3/t12?,14-,15+,16+/m1/s1. The summed E-state index contributed by atoms with van der Waals surface area (Å²) in [5, 5.41) is 0. The van der Waals surface area contributed by atoms with Crippen molar-refractivity contribution in [3.8, 4) is 0 Å². The summed E-state index contributed by atoms with van der Waals surface area (Å²) >= 11 is 0. The van der Waals surface area contributed by atoms with Crippen molar-refractivity contribution >= 4 is 6.47 Å². The van der Waals surface area contributed by atoms with Gasteiger partial charge in [-0.15, -0.1) is 0 Å². The maximum atomic E-state index is 10.9. The molecule has 0 saturated heterocycles. The highest BCUT2D eigenvalue weighted by molar-refractivity contribution is 5.39. The molecule has 18 heavy (non-hydrogen) atoms. The molecule has 0 aromatic rings. The van der Waals surface area contributed by atoms with Crippen LogP contribution >= 0.6 is 0 Å². The first-order valence-electron chi connectivity index (χ1n) is 7.41. The van der Waals surface area contributed by atoms with E-state index in [-0.39, 0.29) is 16.9 Å². The van der Waals surface area contributed by atoms with Crippen molar-refractivity contribution in [2.45, 2.75) is 72.3 Å². The monoisotopic (exact) mass is 250 g/mol. The summed E-state index contributed by atoms with van der Waals surface area (Å²) in [6, 6.07) is 0. The Balaban J connectivity index is 2.11. The summed E-state index contributed by atoms with van der Waals surface area (Å²) in [6.07, 6.45) is 7.77. The predicted molar refractivity (Wildman–Crippen MR) is 71.1 cm³/mol. The fraction of sp³-hybridized carbons (Fsp3) is 0.938. The molecule has 4 atom stereocenters. The number of ether oxygens (including phenoxy) is 1. The zero-order chi connectivity index (χ0) is 13.2. The van der Waals surface area contributed by atoms with E-state index in [1.54, 1.807) is 0 Å². The molecule has 1 unspecified atom stereocenters. The van der Waals surface area contributed by atoms with E-state index in [1.165, 1.54) is 38.5 Å². The van der Waals surface area contributed by atoms with Gasteiger partial charge in [-0.2, -0.15) is 0 Å². The molecule has 0 N–H and O–H groups in total. The first kappa shape index (κ1) is 12.5. The van der Waals surface area contributed by atoms with Gasteiger partial charge in [-0.05, 0) is 42.9 Å². The molecule has 102 valence electrons. The van der Waals surface area contributed by atoms with Gasteiger partial charge in [-0.25, -0.2) is 0 Å². The zero-order valence-electron chi connectivity index (χ0n) is 12.2. The highest BCUT2D eigenvalue weighted by atomic mass is 16.5. The van der Waals surface area contributed by atoms with E-state index >= 15 is 0 Å². The van der Waals surface area contributed by atoms with E-state index in [2.05, 4.69) is 27.7 Å². The Labute approximate surface area is 110 Å². The lowest BCUT2D eigenvalue weighted by Gasteiger charge is -2.59. The number of carbonyl (C=O) groups is 1. The second-order valence-electron chi connectivity index (χ2n) is 8.18. The third-order valence-electron chi connectivity index (χ3n) is 7.12. The Bertz CT molecular complexity index is 389. The number of hydrogen-bond acceptors (Lipinski definition) is 2. The lowest BCUT2D eigenvalue weighted by molar-refractivity contribution is -0.174. The molecule has 3 fully saturated rings. The van der Waals surface area contributed by atoms with Gasteiger partial charge >= 0.3 is 0 Å². The quantitative estimate of drug-likeness (QED) is 0.694. The van der Waals surface area contributed by atoms with Crippen LogP contribution in [0.5, 0.6) is 0 Å². The highest BCUT2D eigenvalue weighted by Gasteiger charge is 2.75. The van der Waals surface area contributed by atoms with Gasteiger partial charge in [0.2, 0.25) is 0 Å². The number of hydrogen-bond donors (Lipinski definition) is 0. The topological polar surface area (TPSA) is 26.3 Å². The van der Waals surface area contributed by atoms with Crippen molar-refractivity contribution in [1.29, 1.82) is 0 Å². The second-order valence-corrected chi connectivity index (χ2v) is 8.18.